The van der Waals surface area contributed by atoms with Gasteiger partial charge in [0.2, 0.25) is 0 Å². The van der Waals surface area contributed by atoms with Crippen LogP contribution in [0.4, 0.5) is 0 Å². The summed E-state index contributed by atoms with van der Waals surface area (Å²) in [5.41, 5.74) is 0. The molecule has 0 aromatic heterocycles. The van der Waals surface area contributed by atoms with Crippen LogP contribution in [0.3, 0.4) is 0 Å². The van der Waals surface area contributed by atoms with Gasteiger partial charge in [0.1, 0.15) is 0 Å². The number of nitrogens with zero attached hydrogens (tertiary/aromatic N) is 2. The minimum atomic E-state index is 0.0833. The van der Waals surface area contributed by atoms with E-state index in [-0.39, 0.29) is 6.04 Å². The van der Waals surface area contributed by atoms with Crippen molar-refractivity contribution in [3.63, 3.8) is 0 Å². The molecule has 0 saturated carbocycles. The SMILES string of the molecule is CCC(C#N)N(C)C(C)C. The van der Waals surface area contributed by atoms with E-state index in [1.54, 1.807) is 0 Å². The quantitative estimate of drug-likeness (QED) is 0.595. The highest BCUT2D eigenvalue weighted by atomic mass is 15.1. The van der Waals surface area contributed by atoms with E-state index in [0.717, 1.165) is 6.42 Å². The van der Waals surface area contributed by atoms with E-state index in [0.29, 0.717) is 6.04 Å². The molecule has 0 fully saturated rings. The predicted octanol–water partition coefficient (Wildman–Crippen LogP) is 1.63. The first-order valence-corrected chi connectivity index (χ1v) is 3.75. The summed E-state index contributed by atoms with van der Waals surface area (Å²) < 4.78 is 0. The van der Waals surface area contributed by atoms with Crippen LogP contribution >= 0.6 is 0 Å². The van der Waals surface area contributed by atoms with Crippen molar-refractivity contribution in [3.05, 3.63) is 0 Å². The largest absolute Gasteiger partial charge is 0.289 e. The molecule has 0 aromatic rings. The van der Waals surface area contributed by atoms with Crippen molar-refractivity contribution in [3.8, 4) is 6.07 Å². The zero-order chi connectivity index (χ0) is 8.15. The molecular formula is C8H16N2. The molecule has 0 saturated heterocycles. The molecule has 0 heterocycles. The molecule has 2 heteroatoms. The molecule has 0 N–H and O–H groups in total. The summed E-state index contributed by atoms with van der Waals surface area (Å²) in [6.45, 7) is 6.23. The predicted molar refractivity (Wildman–Crippen MR) is 42.6 cm³/mol. The van der Waals surface area contributed by atoms with Crippen LogP contribution in [-0.2, 0) is 0 Å². The van der Waals surface area contributed by atoms with E-state index < -0.39 is 0 Å². The Labute approximate surface area is 63.4 Å². The van der Waals surface area contributed by atoms with Crippen LogP contribution in [0.2, 0.25) is 0 Å². The van der Waals surface area contributed by atoms with Gasteiger partial charge in [0, 0.05) is 6.04 Å². The van der Waals surface area contributed by atoms with Crippen LogP contribution < -0.4 is 0 Å². The maximum atomic E-state index is 8.65. The van der Waals surface area contributed by atoms with Crippen molar-refractivity contribution in [1.82, 2.24) is 4.90 Å². The second kappa shape index (κ2) is 4.29. The Kier molecular flexibility index (Phi) is 4.06. The normalized spacial score (nSPS) is 13.7. The van der Waals surface area contributed by atoms with E-state index >= 15 is 0 Å². The van der Waals surface area contributed by atoms with Crippen molar-refractivity contribution in [2.75, 3.05) is 7.05 Å². The van der Waals surface area contributed by atoms with Gasteiger partial charge in [-0.3, -0.25) is 4.90 Å². The minimum absolute atomic E-state index is 0.0833. The van der Waals surface area contributed by atoms with E-state index in [1.165, 1.54) is 0 Å². The molecule has 1 unspecified atom stereocenters. The van der Waals surface area contributed by atoms with Gasteiger partial charge < -0.3 is 0 Å². The zero-order valence-corrected chi connectivity index (χ0v) is 7.26. The lowest BCUT2D eigenvalue weighted by Gasteiger charge is -2.24. The van der Waals surface area contributed by atoms with Crippen LogP contribution in [0.1, 0.15) is 27.2 Å². The smallest absolute Gasteiger partial charge is 0.0974 e. The van der Waals surface area contributed by atoms with E-state index in [1.807, 2.05) is 14.0 Å². The molecular weight excluding hydrogens is 124 g/mol. The van der Waals surface area contributed by atoms with Crippen LogP contribution in [0.25, 0.3) is 0 Å². The van der Waals surface area contributed by atoms with Crippen molar-refractivity contribution >= 4 is 0 Å². The van der Waals surface area contributed by atoms with E-state index in [9.17, 15) is 0 Å². The summed E-state index contributed by atoms with van der Waals surface area (Å²) in [5.74, 6) is 0. The van der Waals surface area contributed by atoms with Gasteiger partial charge in [0.25, 0.3) is 0 Å². The molecule has 0 spiro atoms. The summed E-state index contributed by atoms with van der Waals surface area (Å²) in [5, 5.41) is 8.65. The molecule has 0 aliphatic heterocycles. The second-order valence-electron chi connectivity index (χ2n) is 2.81. The van der Waals surface area contributed by atoms with Crippen molar-refractivity contribution in [2.45, 2.75) is 39.3 Å². The fourth-order valence-corrected chi connectivity index (χ4v) is 0.830. The Hall–Kier alpha value is -0.550. The Morgan fingerprint density at radius 3 is 2.10 bits per heavy atom. The fraction of sp³-hybridized carbons (Fsp3) is 0.875. The molecule has 0 amide bonds. The maximum absolute atomic E-state index is 8.65. The van der Waals surface area contributed by atoms with Gasteiger partial charge in [-0.2, -0.15) is 5.26 Å². The third-order valence-electron chi connectivity index (χ3n) is 1.84. The minimum Gasteiger partial charge on any atom is -0.289 e. The molecule has 0 aromatic carbocycles. The zero-order valence-electron chi connectivity index (χ0n) is 7.26. The van der Waals surface area contributed by atoms with Gasteiger partial charge in [-0.1, -0.05) is 6.92 Å². The van der Waals surface area contributed by atoms with Crippen LogP contribution in [-0.4, -0.2) is 24.0 Å². The summed E-state index contributed by atoms with van der Waals surface area (Å²) in [4.78, 5) is 2.08. The number of hydrogen-bond acceptors (Lipinski definition) is 2. The van der Waals surface area contributed by atoms with E-state index in [2.05, 4.69) is 24.8 Å². The van der Waals surface area contributed by atoms with Crippen molar-refractivity contribution < 1.29 is 0 Å². The first-order valence-electron chi connectivity index (χ1n) is 3.75. The lowest BCUT2D eigenvalue weighted by Crippen LogP contribution is -2.35. The van der Waals surface area contributed by atoms with Crippen LogP contribution in [0, 0.1) is 11.3 Å². The first-order chi connectivity index (χ1) is 4.63. The molecule has 10 heavy (non-hydrogen) atoms. The van der Waals surface area contributed by atoms with Crippen molar-refractivity contribution in [1.29, 1.82) is 5.26 Å². The van der Waals surface area contributed by atoms with Crippen LogP contribution in [0.15, 0.2) is 0 Å². The molecule has 0 radical (unpaired) electrons. The molecule has 0 rings (SSSR count). The van der Waals surface area contributed by atoms with Gasteiger partial charge in [-0.05, 0) is 27.3 Å². The van der Waals surface area contributed by atoms with Gasteiger partial charge >= 0.3 is 0 Å². The lowest BCUT2D eigenvalue weighted by molar-refractivity contribution is 0.229. The average Bonchev–Trinajstić information content (AvgIpc) is 1.90. The highest BCUT2D eigenvalue weighted by molar-refractivity contribution is 4.90. The molecule has 58 valence electrons. The number of hydrogen-bond donors (Lipinski definition) is 0. The number of nitriles is 1. The van der Waals surface area contributed by atoms with E-state index in [4.69, 9.17) is 5.26 Å². The Morgan fingerprint density at radius 2 is 2.00 bits per heavy atom. The van der Waals surface area contributed by atoms with Gasteiger partial charge in [-0.15, -0.1) is 0 Å². The Balaban J connectivity index is 3.92. The van der Waals surface area contributed by atoms with Crippen molar-refractivity contribution in [2.24, 2.45) is 0 Å². The standard InChI is InChI=1S/C8H16N2/c1-5-8(6-9)10(4)7(2)3/h7-8H,5H2,1-4H3. The van der Waals surface area contributed by atoms with Crippen LogP contribution in [0.5, 0.6) is 0 Å². The molecule has 0 aliphatic carbocycles. The van der Waals surface area contributed by atoms with Gasteiger partial charge in [-0.25, -0.2) is 0 Å². The van der Waals surface area contributed by atoms with Gasteiger partial charge in [0.05, 0.1) is 12.1 Å². The summed E-state index contributed by atoms with van der Waals surface area (Å²) >= 11 is 0. The maximum Gasteiger partial charge on any atom is 0.0974 e. The summed E-state index contributed by atoms with van der Waals surface area (Å²) in [6, 6.07) is 2.80. The third-order valence-corrected chi connectivity index (χ3v) is 1.84. The third kappa shape index (κ3) is 2.36. The fourth-order valence-electron chi connectivity index (χ4n) is 0.830. The summed E-state index contributed by atoms with van der Waals surface area (Å²) in [6.07, 6.45) is 0.908. The second-order valence-corrected chi connectivity index (χ2v) is 2.81. The molecule has 2 nitrogen and oxygen atoms in total. The Bertz CT molecular complexity index is 124. The summed E-state index contributed by atoms with van der Waals surface area (Å²) in [7, 11) is 1.99. The molecule has 1 atom stereocenters. The average molecular weight is 140 g/mol. The topological polar surface area (TPSA) is 27.0 Å². The highest BCUT2D eigenvalue weighted by Crippen LogP contribution is 2.03. The number of rotatable bonds is 3. The monoisotopic (exact) mass is 140 g/mol. The highest BCUT2D eigenvalue weighted by Gasteiger charge is 2.13. The first kappa shape index (κ1) is 9.45. The molecule has 0 bridgehead atoms. The van der Waals surface area contributed by atoms with Gasteiger partial charge in [0.15, 0.2) is 0 Å². The lowest BCUT2D eigenvalue weighted by atomic mass is 10.2. The Morgan fingerprint density at radius 1 is 1.50 bits per heavy atom. The molecule has 0 aliphatic rings.